The van der Waals surface area contributed by atoms with Crippen LogP contribution in [0.4, 0.5) is 0 Å². The molecule has 16 rings (SSSR count). The summed E-state index contributed by atoms with van der Waals surface area (Å²) in [5.41, 5.74) is 16.6. The van der Waals surface area contributed by atoms with Crippen LogP contribution in [0.15, 0.2) is 243 Å². The van der Waals surface area contributed by atoms with E-state index in [0.29, 0.717) is 35.2 Å². The zero-order valence-electron chi connectivity index (χ0n) is 40.2. The van der Waals surface area contributed by atoms with E-state index in [1.165, 1.54) is 33.4 Å². The van der Waals surface area contributed by atoms with Gasteiger partial charge >= 0.3 is 0 Å². The number of benzene rings is 10. The molecule has 8 nitrogen and oxygen atoms in total. The van der Waals surface area contributed by atoms with Gasteiger partial charge < -0.3 is 0 Å². The van der Waals surface area contributed by atoms with Crippen molar-refractivity contribution in [2.75, 3.05) is 0 Å². The van der Waals surface area contributed by atoms with Gasteiger partial charge in [0.2, 0.25) is 11.9 Å². The molecule has 0 fully saturated rings. The van der Waals surface area contributed by atoms with Crippen LogP contribution in [0.1, 0.15) is 22.3 Å². The molecule has 0 bridgehead atoms. The lowest BCUT2D eigenvalue weighted by molar-refractivity contribution is 0.794. The largest absolute Gasteiger partial charge is 0.277 e. The SMILES string of the molecule is c1ccc(-c2nc(-c3ccccc3)nc(-n3c4ccccc4c4ccc5c(c43)-c3ccccc3C53c4ccccc4-c4c3ccc3c5ccccc5n(-c5nc(-c6ccccc6)nc(-c6ccccc6)n5)c43)n2)cc1. The Labute approximate surface area is 430 Å². The van der Waals surface area contributed by atoms with E-state index in [9.17, 15) is 0 Å². The molecule has 348 valence electrons. The Hall–Kier alpha value is -10.2. The third kappa shape index (κ3) is 5.87. The quantitative estimate of drug-likeness (QED) is 0.165. The van der Waals surface area contributed by atoms with Gasteiger partial charge in [0.25, 0.3) is 0 Å². The molecule has 75 heavy (non-hydrogen) atoms. The molecule has 0 saturated heterocycles. The minimum Gasteiger partial charge on any atom is -0.277 e. The monoisotopic (exact) mass is 956 g/mol. The fraction of sp³-hybridized carbons (Fsp3) is 0.0149. The van der Waals surface area contributed by atoms with Crippen molar-refractivity contribution in [2.24, 2.45) is 0 Å². The van der Waals surface area contributed by atoms with Crippen LogP contribution in [0.2, 0.25) is 0 Å². The van der Waals surface area contributed by atoms with Crippen molar-refractivity contribution in [3.8, 4) is 79.7 Å². The predicted molar refractivity (Wildman–Crippen MR) is 300 cm³/mol. The van der Waals surface area contributed by atoms with Crippen molar-refractivity contribution in [3.63, 3.8) is 0 Å². The smallest absolute Gasteiger partial charge is 0.238 e. The van der Waals surface area contributed by atoms with E-state index in [-0.39, 0.29) is 0 Å². The van der Waals surface area contributed by atoms with Crippen LogP contribution in [0, 0.1) is 0 Å². The first-order valence-corrected chi connectivity index (χ1v) is 25.3. The molecule has 1 spiro atoms. The van der Waals surface area contributed by atoms with E-state index >= 15 is 0 Å². The fourth-order valence-electron chi connectivity index (χ4n) is 12.4. The number of rotatable bonds is 6. The maximum Gasteiger partial charge on any atom is 0.238 e. The lowest BCUT2D eigenvalue weighted by atomic mass is 9.70. The average Bonchev–Trinajstić information content (AvgIpc) is 4.33. The number of fused-ring (bicyclic) bond motifs is 18. The molecule has 2 aliphatic carbocycles. The third-order valence-electron chi connectivity index (χ3n) is 15.5. The minimum absolute atomic E-state index is 0.557. The van der Waals surface area contributed by atoms with Crippen LogP contribution in [-0.2, 0) is 5.41 Å². The summed E-state index contributed by atoms with van der Waals surface area (Å²) in [7, 11) is 0. The van der Waals surface area contributed by atoms with Gasteiger partial charge in [0.15, 0.2) is 23.3 Å². The highest BCUT2D eigenvalue weighted by Crippen LogP contribution is 2.65. The first-order chi connectivity index (χ1) is 37.2. The van der Waals surface area contributed by atoms with Gasteiger partial charge in [-0.1, -0.05) is 231 Å². The van der Waals surface area contributed by atoms with Crippen LogP contribution in [-0.4, -0.2) is 39.0 Å². The zero-order chi connectivity index (χ0) is 49.2. The summed E-state index contributed by atoms with van der Waals surface area (Å²) in [6.07, 6.45) is 0. The highest BCUT2D eigenvalue weighted by molar-refractivity contribution is 6.19. The summed E-state index contributed by atoms with van der Waals surface area (Å²) in [6, 6.07) is 85.6. The van der Waals surface area contributed by atoms with Crippen molar-refractivity contribution < 1.29 is 0 Å². The standard InChI is InChI=1S/C67H40N8/c1-5-21-41(22-6-1)61-68-62(42-23-7-2-8-24-42)71-65(70-61)74-55-35-19-15-29-45(55)47-37-39-53-57(59(47)74)49-31-13-17-33-51(49)67(53)52-34-18-14-32-50(52)58-54(67)40-38-48-46-30-16-20-36-56(46)75(60(48)58)66-72-63(43-25-9-3-10-26-43)69-64(73-66)44-27-11-4-12-28-44/h1-40H. The van der Waals surface area contributed by atoms with E-state index in [1.54, 1.807) is 0 Å². The number of hydrogen-bond acceptors (Lipinski definition) is 6. The Balaban J connectivity index is 1.02. The maximum absolute atomic E-state index is 5.38. The molecule has 10 aromatic carbocycles. The molecule has 0 aliphatic heterocycles. The number of nitrogens with zero attached hydrogens (tertiary/aromatic N) is 8. The molecule has 0 unspecified atom stereocenters. The van der Waals surface area contributed by atoms with Gasteiger partial charge in [0, 0.05) is 54.9 Å². The van der Waals surface area contributed by atoms with Gasteiger partial charge in [-0.05, 0) is 45.5 Å². The average molecular weight is 957 g/mol. The molecular weight excluding hydrogens is 917 g/mol. The van der Waals surface area contributed by atoms with Gasteiger partial charge in [-0.25, -0.2) is 9.97 Å². The molecule has 0 atom stereocenters. The molecular formula is C67H40N8. The van der Waals surface area contributed by atoms with Crippen LogP contribution in [0.3, 0.4) is 0 Å². The second kappa shape index (κ2) is 15.9. The number of aromatic nitrogens is 8. The van der Waals surface area contributed by atoms with Gasteiger partial charge in [-0.3, -0.25) is 9.13 Å². The van der Waals surface area contributed by atoms with Crippen LogP contribution >= 0.6 is 0 Å². The van der Waals surface area contributed by atoms with Gasteiger partial charge in [0.1, 0.15) is 0 Å². The lowest BCUT2D eigenvalue weighted by Gasteiger charge is -2.30. The summed E-state index contributed by atoms with van der Waals surface area (Å²) in [5.74, 6) is 3.55. The summed E-state index contributed by atoms with van der Waals surface area (Å²) in [4.78, 5) is 31.8. The van der Waals surface area contributed by atoms with E-state index < -0.39 is 5.41 Å². The van der Waals surface area contributed by atoms with Gasteiger partial charge in [0.05, 0.1) is 27.5 Å². The Morgan fingerprint density at radius 2 is 0.573 bits per heavy atom. The summed E-state index contributed by atoms with van der Waals surface area (Å²) >= 11 is 0. The lowest BCUT2D eigenvalue weighted by Crippen LogP contribution is -2.25. The van der Waals surface area contributed by atoms with Crippen LogP contribution in [0.5, 0.6) is 0 Å². The van der Waals surface area contributed by atoms with Gasteiger partial charge in [-0.15, -0.1) is 0 Å². The second-order valence-electron chi connectivity index (χ2n) is 19.3. The highest BCUT2D eigenvalue weighted by atomic mass is 15.2. The first-order valence-electron chi connectivity index (χ1n) is 25.3. The molecule has 0 radical (unpaired) electrons. The molecule has 0 amide bonds. The second-order valence-corrected chi connectivity index (χ2v) is 19.3. The van der Waals surface area contributed by atoms with Crippen molar-refractivity contribution in [3.05, 3.63) is 265 Å². The third-order valence-corrected chi connectivity index (χ3v) is 15.5. The van der Waals surface area contributed by atoms with Crippen molar-refractivity contribution in [1.29, 1.82) is 0 Å². The molecule has 0 saturated carbocycles. The van der Waals surface area contributed by atoms with Gasteiger partial charge in [-0.2, -0.15) is 19.9 Å². The number of para-hydroxylation sites is 2. The zero-order valence-corrected chi connectivity index (χ0v) is 40.2. The Morgan fingerprint density at radius 3 is 0.947 bits per heavy atom. The summed E-state index contributed by atoms with van der Waals surface area (Å²) in [6.45, 7) is 0. The van der Waals surface area contributed by atoms with Crippen molar-refractivity contribution >= 4 is 43.6 Å². The highest BCUT2D eigenvalue weighted by Gasteiger charge is 2.53. The van der Waals surface area contributed by atoms with E-state index in [4.69, 9.17) is 29.9 Å². The number of hydrogen-bond donors (Lipinski definition) is 0. The Morgan fingerprint density at radius 1 is 0.253 bits per heavy atom. The molecule has 2 aliphatic rings. The molecule has 4 heterocycles. The normalized spacial score (nSPS) is 12.9. The van der Waals surface area contributed by atoms with E-state index in [2.05, 4.69) is 179 Å². The first kappa shape index (κ1) is 41.4. The molecule has 0 N–H and O–H groups in total. The minimum atomic E-state index is -0.713. The predicted octanol–water partition coefficient (Wildman–Crippen LogP) is 15.3. The fourth-order valence-corrected chi connectivity index (χ4v) is 12.4. The molecule has 14 aromatic rings. The van der Waals surface area contributed by atoms with Crippen molar-refractivity contribution in [2.45, 2.75) is 5.41 Å². The summed E-state index contributed by atoms with van der Waals surface area (Å²) < 4.78 is 4.58. The Bertz CT molecular complexity index is 4230. The molecule has 8 heteroatoms. The molecule has 4 aromatic heterocycles. The topological polar surface area (TPSA) is 87.2 Å². The van der Waals surface area contributed by atoms with E-state index in [1.807, 2.05) is 72.8 Å². The Kier molecular flexibility index (Phi) is 8.79. The van der Waals surface area contributed by atoms with E-state index in [0.717, 1.165) is 77.0 Å². The summed E-state index contributed by atoms with van der Waals surface area (Å²) in [5, 5.41) is 4.49. The van der Waals surface area contributed by atoms with Crippen LogP contribution in [0.25, 0.3) is 123 Å². The maximum atomic E-state index is 5.38. The van der Waals surface area contributed by atoms with Crippen LogP contribution < -0.4 is 0 Å². The van der Waals surface area contributed by atoms with Crippen molar-refractivity contribution in [1.82, 2.24) is 39.0 Å².